The number of fused-ring (bicyclic) bond motifs is 3. The first-order valence-electron chi connectivity index (χ1n) is 8.15. The standard InChI is InChI=1S/C22H20S/c1-14(2)16-5-7-17(8-6-16)18-9-11-22-20(13-18)19-12-15(3)4-10-21(19)23-22/h4-14H,1-3H3. The van der Waals surface area contributed by atoms with Gasteiger partial charge < -0.3 is 0 Å². The molecule has 0 aliphatic carbocycles. The van der Waals surface area contributed by atoms with Gasteiger partial charge in [-0.15, -0.1) is 11.3 Å². The zero-order valence-corrected chi connectivity index (χ0v) is 14.6. The van der Waals surface area contributed by atoms with Crippen LogP contribution < -0.4 is 0 Å². The molecule has 0 bridgehead atoms. The minimum absolute atomic E-state index is 0.579. The molecular weight excluding hydrogens is 296 g/mol. The predicted octanol–water partition coefficient (Wildman–Crippen LogP) is 7.15. The van der Waals surface area contributed by atoms with Crippen molar-refractivity contribution < 1.29 is 0 Å². The summed E-state index contributed by atoms with van der Waals surface area (Å²) in [5.41, 5.74) is 5.31. The van der Waals surface area contributed by atoms with Crippen LogP contribution in [-0.4, -0.2) is 0 Å². The lowest BCUT2D eigenvalue weighted by atomic mass is 9.98. The van der Waals surface area contributed by atoms with Crippen LogP contribution in [0.15, 0.2) is 60.7 Å². The number of aryl methyl sites for hydroxylation is 1. The van der Waals surface area contributed by atoms with E-state index in [0.29, 0.717) is 5.92 Å². The fourth-order valence-corrected chi connectivity index (χ4v) is 4.20. The molecule has 0 saturated carbocycles. The second-order valence-corrected chi connectivity index (χ2v) is 7.67. The van der Waals surface area contributed by atoms with E-state index in [4.69, 9.17) is 0 Å². The Morgan fingerprint density at radius 3 is 2.00 bits per heavy atom. The van der Waals surface area contributed by atoms with Gasteiger partial charge in [-0.25, -0.2) is 0 Å². The van der Waals surface area contributed by atoms with Crippen LogP contribution in [0.25, 0.3) is 31.3 Å². The molecule has 114 valence electrons. The van der Waals surface area contributed by atoms with Crippen LogP contribution in [-0.2, 0) is 0 Å². The van der Waals surface area contributed by atoms with Crippen molar-refractivity contribution in [2.24, 2.45) is 0 Å². The molecule has 1 aromatic heterocycles. The molecule has 1 heterocycles. The highest BCUT2D eigenvalue weighted by Crippen LogP contribution is 2.36. The van der Waals surface area contributed by atoms with E-state index in [9.17, 15) is 0 Å². The van der Waals surface area contributed by atoms with Crippen LogP contribution >= 0.6 is 11.3 Å². The van der Waals surface area contributed by atoms with Gasteiger partial charge in [0.05, 0.1) is 0 Å². The maximum atomic E-state index is 2.35. The highest BCUT2D eigenvalue weighted by molar-refractivity contribution is 7.25. The van der Waals surface area contributed by atoms with Crippen molar-refractivity contribution in [3.05, 3.63) is 71.8 Å². The van der Waals surface area contributed by atoms with Crippen LogP contribution in [0.2, 0.25) is 0 Å². The lowest BCUT2D eigenvalue weighted by molar-refractivity contribution is 0.867. The van der Waals surface area contributed by atoms with E-state index in [0.717, 1.165) is 0 Å². The fourth-order valence-electron chi connectivity index (χ4n) is 3.13. The van der Waals surface area contributed by atoms with Gasteiger partial charge in [-0.3, -0.25) is 0 Å². The van der Waals surface area contributed by atoms with Crippen molar-refractivity contribution in [1.82, 2.24) is 0 Å². The second-order valence-electron chi connectivity index (χ2n) is 6.59. The number of rotatable bonds is 2. The van der Waals surface area contributed by atoms with Crippen LogP contribution in [0.4, 0.5) is 0 Å². The summed E-state index contributed by atoms with van der Waals surface area (Å²) in [7, 11) is 0. The van der Waals surface area contributed by atoms with E-state index in [1.807, 2.05) is 11.3 Å². The van der Waals surface area contributed by atoms with E-state index in [2.05, 4.69) is 81.4 Å². The third-order valence-corrected chi connectivity index (χ3v) is 5.69. The Morgan fingerprint density at radius 2 is 1.30 bits per heavy atom. The first-order chi connectivity index (χ1) is 11.1. The van der Waals surface area contributed by atoms with Gasteiger partial charge in [0, 0.05) is 20.2 Å². The molecule has 0 amide bonds. The van der Waals surface area contributed by atoms with Crippen molar-refractivity contribution in [2.45, 2.75) is 26.7 Å². The molecule has 0 nitrogen and oxygen atoms in total. The SMILES string of the molecule is Cc1ccc2sc3ccc(-c4ccc(C(C)C)cc4)cc3c2c1. The number of hydrogen-bond acceptors (Lipinski definition) is 1. The maximum absolute atomic E-state index is 2.35. The summed E-state index contributed by atoms with van der Waals surface area (Å²) < 4.78 is 2.74. The highest BCUT2D eigenvalue weighted by Gasteiger charge is 2.07. The quantitative estimate of drug-likeness (QED) is 0.368. The zero-order valence-electron chi connectivity index (χ0n) is 13.8. The molecule has 0 saturated heterocycles. The maximum Gasteiger partial charge on any atom is 0.0355 e. The Labute approximate surface area is 141 Å². The van der Waals surface area contributed by atoms with Gasteiger partial charge in [-0.1, -0.05) is 55.8 Å². The molecule has 0 atom stereocenters. The van der Waals surface area contributed by atoms with E-state index in [-0.39, 0.29) is 0 Å². The van der Waals surface area contributed by atoms with Gasteiger partial charge >= 0.3 is 0 Å². The molecule has 23 heavy (non-hydrogen) atoms. The Balaban J connectivity index is 1.87. The summed E-state index contributed by atoms with van der Waals surface area (Å²) in [5, 5.41) is 2.75. The average Bonchev–Trinajstić information content (AvgIpc) is 2.92. The van der Waals surface area contributed by atoms with Gasteiger partial charge in [-0.05, 0) is 53.8 Å². The lowest BCUT2D eigenvalue weighted by Crippen LogP contribution is -1.86. The predicted molar refractivity (Wildman–Crippen MR) is 104 cm³/mol. The normalized spacial score (nSPS) is 11.7. The fraction of sp³-hybridized carbons (Fsp3) is 0.182. The summed E-state index contributed by atoms with van der Waals surface area (Å²) in [6, 6.07) is 22.6. The molecular formula is C22H20S. The van der Waals surface area contributed by atoms with Gasteiger partial charge in [0.1, 0.15) is 0 Å². The van der Waals surface area contributed by atoms with Gasteiger partial charge in [0.2, 0.25) is 0 Å². The molecule has 3 aromatic carbocycles. The average molecular weight is 316 g/mol. The molecule has 0 N–H and O–H groups in total. The molecule has 0 radical (unpaired) electrons. The Morgan fingerprint density at radius 1 is 0.696 bits per heavy atom. The minimum atomic E-state index is 0.579. The number of hydrogen-bond donors (Lipinski definition) is 0. The monoisotopic (exact) mass is 316 g/mol. The van der Waals surface area contributed by atoms with Crippen molar-refractivity contribution in [3.63, 3.8) is 0 Å². The second kappa shape index (κ2) is 5.50. The third kappa shape index (κ3) is 2.55. The number of benzene rings is 3. The van der Waals surface area contributed by atoms with Crippen molar-refractivity contribution >= 4 is 31.5 Å². The first kappa shape index (κ1) is 14.5. The highest BCUT2D eigenvalue weighted by atomic mass is 32.1. The molecule has 0 aliphatic rings. The molecule has 0 aliphatic heterocycles. The molecule has 0 spiro atoms. The van der Waals surface area contributed by atoms with E-state index in [1.165, 1.54) is 42.4 Å². The van der Waals surface area contributed by atoms with Crippen LogP contribution in [0.5, 0.6) is 0 Å². The topological polar surface area (TPSA) is 0 Å². The summed E-state index contributed by atoms with van der Waals surface area (Å²) >= 11 is 1.88. The van der Waals surface area contributed by atoms with E-state index < -0.39 is 0 Å². The molecule has 4 rings (SSSR count). The largest absolute Gasteiger partial charge is 0.135 e. The summed E-state index contributed by atoms with van der Waals surface area (Å²) in [6.07, 6.45) is 0. The van der Waals surface area contributed by atoms with E-state index >= 15 is 0 Å². The van der Waals surface area contributed by atoms with Gasteiger partial charge in [-0.2, -0.15) is 0 Å². The molecule has 1 heteroatoms. The van der Waals surface area contributed by atoms with Gasteiger partial charge in [0.25, 0.3) is 0 Å². The summed E-state index contributed by atoms with van der Waals surface area (Å²) in [4.78, 5) is 0. The minimum Gasteiger partial charge on any atom is -0.135 e. The molecule has 0 fully saturated rings. The van der Waals surface area contributed by atoms with Crippen LogP contribution in [0.1, 0.15) is 30.9 Å². The summed E-state index contributed by atoms with van der Waals surface area (Å²) in [6.45, 7) is 6.64. The lowest BCUT2D eigenvalue weighted by Gasteiger charge is -2.07. The Bertz CT molecular complexity index is 988. The molecule has 4 aromatic rings. The van der Waals surface area contributed by atoms with Crippen molar-refractivity contribution in [1.29, 1.82) is 0 Å². The first-order valence-corrected chi connectivity index (χ1v) is 8.97. The smallest absolute Gasteiger partial charge is 0.0355 e. The van der Waals surface area contributed by atoms with Crippen molar-refractivity contribution in [3.8, 4) is 11.1 Å². The Kier molecular flexibility index (Phi) is 3.46. The van der Waals surface area contributed by atoms with Gasteiger partial charge in [0.15, 0.2) is 0 Å². The van der Waals surface area contributed by atoms with Crippen molar-refractivity contribution in [2.75, 3.05) is 0 Å². The zero-order chi connectivity index (χ0) is 16.0. The number of thiophene rings is 1. The molecule has 0 unspecified atom stereocenters. The summed E-state index contributed by atoms with van der Waals surface area (Å²) in [5.74, 6) is 0.579. The third-order valence-electron chi connectivity index (χ3n) is 4.54. The van der Waals surface area contributed by atoms with Crippen LogP contribution in [0.3, 0.4) is 0 Å². The Hall–Kier alpha value is -2.12. The van der Waals surface area contributed by atoms with E-state index in [1.54, 1.807) is 0 Å². The van der Waals surface area contributed by atoms with Crippen LogP contribution in [0, 0.1) is 6.92 Å².